The topological polar surface area (TPSA) is 89.1 Å². The maximum Gasteiger partial charge on any atom is 0.313 e. The molecule has 0 aromatic heterocycles. The van der Waals surface area contributed by atoms with Crippen molar-refractivity contribution in [3.63, 3.8) is 0 Å². The normalized spacial score (nSPS) is 15.2. The molecule has 0 spiro atoms. The van der Waals surface area contributed by atoms with Crippen molar-refractivity contribution in [3.8, 4) is 11.5 Å². The number of carbonyl (C=O) groups excluding carboxylic acids is 2. The fourth-order valence-electron chi connectivity index (χ4n) is 3.04. The van der Waals surface area contributed by atoms with Crippen molar-refractivity contribution in [2.45, 2.75) is 12.8 Å². The molecule has 0 unspecified atom stereocenters. The first-order chi connectivity index (χ1) is 13.1. The zero-order chi connectivity index (χ0) is 19.6. The molecule has 2 rings (SSSR count). The molecule has 27 heavy (non-hydrogen) atoms. The maximum absolute atomic E-state index is 12.2. The first kappa shape index (κ1) is 21.0. The lowest BCUT2D eigenvalue weighted by atomic mass is 9.97. The zero-order valence-corrected chi connectivity index (χ0v) is 16.2. The highest BCUT2D eigenvalue weighted by Gasteiger charge is 2.21. The third-order valence-corrected chi connectivity index (χ3v) is 4.73. The predicted molar refractivity (Wildman–Crippen MR) is 102 cm³/mol. The fourth-order valence-corrected chi connectivity index (χ4v) is 3.04. The van der Waals surface area contributed by atoms with Gasteiger partial charge < -0.3 is 29.7 Å². The SMILES string of the molecule is COCCN1CCC(CNC(=O)C(=O)Nc2cc(OC)ccc2OC)CC1. The maximum atomic E-state index is 12.2. The minimum Gasteiger partial charge on any atom is -0.497 e. The average molecular weight is 379 g/mol. The van der Waals surface area contributed by atoms with E-state index in [1.807, 2.05) is 0 Å². The van der Waals surface area contributed by atoms with E-state index in [0.29, 0.717) is 29.6 Å². The van der Waals surface area contributed by atoms with E-state index in [9.17, 15) is 9.59 Å². The molecule has 0 radical (unpaired) electrons. The molecule has 1 heterocycles. The molecular weight excluding hydrogens is 350 g/mol. The molecule has 1 aliphatic rings. The van der Waals surface area contributed by atoms with Crippen LogP contribution in [0.5, 0.6) is 11.5 Å². The monoisotopic (exact) mass is 379 g/mol. The molecule has 2 amide bonds. The molecule has 1 aliphatic heterocycles. The Kier molecular flexibility index (Phi) is 8.35. The number of piperidine rings is 1. The lowest BCUT2D eigenvalue weighted by Gasteiger charge is -2.31. The van der Waals surface area contributed by atoms with Crippen molar-refractivity contribution in [1.82, 2.24) is 10.2 Å². The smallest absolute Gasteiger partial charge is 0.313 e. The number of benzene rings is 1. The second kappa shape index (κ2) is 10.7. The van der Waals surface area contributed by atoms with Crippen molar-refractivity contribution in [2.24, 2.45) is 5.92 Å². The third-order valence-electron chi connectivity index (χ3n) is 4.73. The molecule has 8 nitrogen and oxygen atoms in total. The van der Waals surface area contributed by atoms with E-state index in [1.165, 1.54) is 14.2 Å². The lowest BCUT2D eigenvalue weighted by Crippen LogP contribution is -2.42. The summed E-state index contributed by atoms with van der Waals surface area (Å²) in [5.74, 6) is 0.0276. The fraction of sp³-hybridized carbons (Fsp3) is 0.579. The Hall–Kier alpha value is -2.32. The van der Waals surface area contributed by atoms with Gasteiger partial charge >= 0.3 is 11.8 Å². The molecule has 1 aromatic rings. The second-order valence-corrected chi connectivity index (χ2v) is 6.51. The number of nitrogens with zero attached hydrogens (tertiary/aromatic N) is 1. The van der Waals surface area contributed by atoms with Crippen LogP contribution >= 0.6 is 0 Å². The van der Waals surface area contributed by atoms with Gasteiger partial charge in [-0.1, -0.05) is 0 Å². The number of anilines is 1. The molecule has 0 bridgehead atoms. The van der Waals surface area contributed by atoms with Crippen molar-refractivity contribution >= 4 is 17.5 Å². The summed E-state index contributed by atoms with van der Waals surface area (Å²) in [6.07, 6.45) is 1.99. The van der Waals surface area contributed by atoms with Crippen LogP contribution < -0.4 is 20.1 Å². The van der Waals surface area contributed by atoms with Crippen LogP contribution in [0.1, 0.15) is 12.8 Å². The summed E-state index contributed by atoms with van der Waals surface area (Å²) in [7, 11) is 4.73. The van der Waals surface area contributed by atoms with Gasteiger partial charge in [0.15, 0.2) is 0 Å². The highest BCUT2D eigenvalue weighted by atomic mass is 16.5. The van der Waals surface area contributed by atoms with Gasteiger partial charge in [0, 0.05) is 26.3 Å². The Balaban J connectivity index is 1.79. The van der Waals surface area contributed by atoms with Gasteiger partial charge in [0.05, 0.1) is 26.5 Å². The summed E-state index contributed by atoms with van der Waals surface area (Å²) in [6, 6.07) is 5.00. The summed E-state index contributed by atoms with van der Waals surface area (Å²) in [4.78, 5) is 26.7. The van der Waals surface area contributed by atoms with Crippen LogP contribution in [-0.2, 0) is 14.3 Å². The van der Waals surface area contributed by atoms with Gasteiger partial charge in [0.2, 0.25) is 0 Å². The number of rotatable bonds is 8. The standard InChI is InChI=1S/C19H29N3O5/c1-25-11-10-22-8-6-14(7-9-22)13-20-18(23)19(24)21-16-12-15(26-2)4-5-17(16)27-3/h4-5,12,14H,6-11,13H2,1-3H3,(H,20,23)(H,21,24). The summed E-state index contributed by atoms with van der Waals surface area (Å²) >= 11 is 0. The molecule has 0 aliphatic carbocycles. The Morgan fingerprint density at radius 1 is 1.11 bits per heavy atom. The van der Waals surface area contributed by atoms with Gasteiger partial charge in [0.25, 0.3) is 0 Å². The molecule has 2 N–H and O–H groups in total. The van der Waals surface area contributed by atoms with Crippen molar-refractivity contribution in [3.05, 3.63) is 18.2 Å². The van der Waals surface area contributed by atoms with Crippen molar-refractivity contribution in [1.29, 1.82) is 0 Å². The van der Waals surface area contributed by atoms with Crippen LogP contribution in [-0.4, -0.2) is 70.8 Å². The van der Waals surface area contributed by atoms with Gasteiger partial charge in [-0.15, -0.1) is 0 Å². The molecule has 8 heteroatoms. The first-order valence-corrected chi connectivity index (χ1v) is 9.09. The van der Waals surface area contributed by atoms with Crippen LogP contribution in [0, 0.1) is 5.92 Å². The quantitative estimate of drug-likeness (QED) is 0.658. The Morgan fingerprint density at radius 3 is 2.48 bits per heavy atom. The Bertz CT molecular complexity index is 630. The molecule has 150 valence electrons. The van der Waals surface area contributed by atoms with Crippen LogP contribution in [0.25, 0.3) is 0 Å². The zero-order valence-electron chi connectivity index (χ0n) is 16.2. The van der Waals surface area contributed by atoms with E-state index < -0.39 is 11.8 Å². The van der Waals surface area contributed by atoms with E-state index in [-0.39, 0.29) is 0 Å². The molecule has 0 saturated carbocycles. The van der Waals surface area contributed by atoms with Crippen LogP contribution in [0.15, 0.2) is 18.2 Å². The highest BCUT2D eigenvalue weighted by Crippen LogP contribution is 2.28. The number of hydrogen-bond donors (Lipinski definition) is 2. The van der Waals surface area contributed by atoms with Crippen molar-refractivity contribution < 1.29 is 23.8 Å². The minimum atomic E-state index is -0.723. The largest absolute Gasteiger partial charge is 0.497 e. The number of amides is 2. The molecule has 1 fully saturated rings. The third kappa shape index (κ3) is 6.41. The first-order valence-electron chi connectivity index (χ1n) is 9.09. The van der Waals surface area contributed by atoms with Gasteiger partial charge in [-0.2, -0.15) is 0 Å². The summed E-state index contributed by atoms with van der Waals surface area (Å²) in [6.45, 7) is 4.13. The van der Waals surface area contributed by atoms with E-state index in [4.69, 9.17) is 14.2 Å². The predicted octanol–water partition coefficient (Wildman–Crippen LogP) is 1.12. The van der Waals surface area contributed by atoms with E-state index in [1.54, 1.807) is 25.3 Å². The van der Waals surface area contributed by atoms with Crippen molar-refractivity contribution in [2.75, 3.05) is 59.4 Å². The number of likely N-dealkylation sites (tertiary alicyclic amines) is 1. The lowest BCUT2D eigenvalue weighted by molar-refractivity contribution is -0.136. The Labute approximate surface area is 160 Å². The van der Waals surface area contributed by atoms with Crippen LogP contribution in [0.4, 0.5) is 5.69 Å². The van der Waals surface area contributed by atoms with Gasteiger partial charge in [0.1, 0.15) is 11.5 Å². The number of methoxy groups -OCH3 is 3. The number of ether oxygens (including phenoxy) is 3. The molecule has 0 atom stereocenters. The van der Waals surface area contributed by atoms with E-state index in [0.717, 1.165) is 39.1 Å². The minimum absolute atomic E-state index is 0.381. The van der Waals surface area contributed by atoms with Gasteiger partial charge in [-0.05, 0) is 44.0 Å². The summed E-state index contributed by atoms with van der Waals surface area (Å²) in [5, 5.41) is 5.31. The van der Waals surface area contributed by atoms with E-state index in [2.05, 4.69) is 15.5 Å². The molecule has 1 saturated heterocycles. The van der Waals surface area contributed by atoms with Crippen LogP contribution in [0.2, 0.25) is 0 Å². The second-order valence-electron chi connectivity index (χ2n) is 6.51. The Morgan fingerprint density at radius 2 is 1.85 bits per heavy atom. The number of carbonyl (C=O) groups is 2. The summed E-state index contributed by atoms with van der Waals surface area (Å²) < 4.78 is 15.4. The summed E-state index contributed by atoms with van der Waals surface area (Å²) in [5.41, 5.74) is 0.392. The van der Waals surface area contributed by atoms with Crippen LogP contribution in [0.3, 0.4) is 0 Å². The van der Waals surface area contributed by atoms with Gasteiger partial charge in [-0.25, -0.2) is 0 Å². The molecule has 1 aromatic carbocycles. The van der Waals surface area contributed by atoms with Gasteiger partial charge in [-0.3, -0.25) is 9.59 Å². The van der Waals surface area contributed by atoms with E-state index >= 15 is 0 Å². The highest BCUT2D eigenvalue weighted by molar-refractivity contribution is 6.39. The number of hydrogen-bond acceptors (Lipinski definition) is 6. The molecular formula is C19H29N3O5. The number of nitrogens with one attached hydrogen (secondary N) is 2. The average Bonchev–Trinajstić information content (AvgIpc) is 2.71.